The minimum absolute atomic E-state index is 0.114. The maximum Gasteiger partial charge on any atom is 0.146 e. The molecule has 3 rings (SSSR count). The molecule has 116 valence electrons. The molecule has 2 aliphatic heterocycles. The third-order valence-electron chi connectivity index (χ3n) is 4.82. The van der Waals surface area contributed by atoms with Crippen LogP contribution in [0.1, 0.15) is 38.7 Å². The number of thiol groups is 1. The van der Waals surface area contributed by atoms with Gasteiger partial charge in [-0.15, -0.1) is 0 Å². The van der Waals surface area contributed by atoms with Gasteiger partial charge in [0.15, 0.2) is 0 Å². The maximum absolute atomic E-state index is 14.4. The molecule has 2 saturated heterocycles. The summed E-state index contributed by atoms with van der Waals surface area (Å²) in [6.45, 7) is 8.33. The first-order chi connectivity index (χ1) is 9.95. The summed E-state index contributed by atoms with van der Waals surface area (Å²) in [5.74, 6) is -0.114. The zero-order chi connectivity index (χ0) is 15.0. The molecule has 21 heavy (non-hydrogen) atoms. The molecule has 4 heteroatoms. The number of hydrogen-bond donors (Lipinski definition) is 1. The van der Waals surface area contributed by atoms with Crippen LogP contribution in [0.3, 0.4) is 0 Å². The minimum Gasteiger partial charge on any atom is -0.368 e. The lowest BCUT2D eigenvalue weighted by Gasteiger charge is -2.25. The summed E-state index contributed by atoms with van der Waals surface area (Å²) in [4.78, 5) is 4.77. The molecule has 2 heterocycles. The molecule has 0 aromatic heterocycles. The van der Waals surface area contributed by atoms with Crippen LogP contribution < -0.4 is 4.90 Å². The molecule has 2 nitrogen and oxygen atoms in total. The second-order valence-corrected chi connectivity index (χ2v) is 7.97. The zero-order valence-corrected chi connectivity index (χ0v) is 13.9. The van der Waals surface area contributed by atoms with Crippen molar-refractivity contribution in [3.63, 3.8) is 0 Å². The van der Waals surface area contributed by atoms with E-state index in [1.165, 1.54) is 25.9 Å². The van der Waals surface area contributed by atoms with Gasteiger partial charge in [-0.2, -0.15) is 12.6 Å². The van der Waals surface area contributed by atoms with Crippen molar-refractivity contribution >= 4 is 18.3 Å². The highest BCUT2D eigenvalue weighted by atomic mass is 32.1. The van der Waals surface area contributed by atoms with Crippen molar-refractivity contribution < 1.29 is 4.39 Å². The normalized spacial score (nSPS) is 24.0. The second kappa shape index (κ2) is 5.81. The van der Waals surface area contributed by atoms with E-state index >= 15 is 0 Å². The summed E-state index contributed by atoms with van der Waals surface area (Å²) in [5.41, 5.74) is 1.68. The summed E-state index contributed by atoms with van der Waals surface area (Å²) in [5, 5.41) is 0. The Morgan fingerprint density at radius 1 is 1.19 bits per heavy atom. The highest BCUT2D eigenvalue weighted by molar-refractivity contribution is 7.81. The monoisotopic (exact) mass is 308 g/mol. The highest BCUT2D eigenvalue weighted by Gasteiger charge is 2.30. The van der Waals surface area contributed by atoms with Gasteiger partial charge in [-0.1, -0.05) is 6.07 Å². The van der Waals surface area contributed by atoms with E-state index in [0.29, 0.717) is 6.04 Å². The predicted octanol–water partition coefficient (Wildman–Crippen LogP) is 3.67. The van der Waals surface area contributed by atoms with Crippen molar-refractivity contribution in [2.75, 3.05) is 31.1 Å². The van der Waals surface area contributed by atoms with Crippen LogP contribution in [0.2, 0.25) is 0 Å². The quantitative estimate of drug-likeness (QED) is 0.851. The molecular weight excluding hydrogens is 283 g/mol. The largest absolute Gasteiger partial charge is 0.368 e. The molecule has 0 aliphatic carbocycles. The fraction of sp³-hybridized carbons (Fsp3) is 0.647. The van der Waals surface area contributed by atoms with Crippen molar-refractivity contribution in [2.24, 2.45) is 0 Å². The number of likely N-dealkylation sites (tertiary alicyclic amines) is 1. The fourth-order valence-electron chi connectivity index (χ4n) is 3.51. The summed E-state index contributed by atoms with van der Waals surface area (Å²) < 4.78 is 14.1. The lowest BCUT2D eigenvalue weighted by molar-refractivity contribution is 0.260. The summed E-state index contributed by atoms with van der Waals surface area (Å²) >= 11 is 4.52. The summed E-state index contributed by atoms with van der Waals surface area (Å²) in [7, 11) is 0. The van der Waals surface area contributed by atoms with E-state index < -0.39 is 0 Å². The third-order valence-corrected chi connectivity index (χ3v) is 5.07. The van der Waals surface area contributed by atoms with Crippen LogP contribution in [0.5, 0.6) is 0 Å². The fourth-order valence-corrected chi connectivity index (χ4v) is 3.65. The van der Waals surface area contributed by atoms with Crippen molar-refractivity contribution in [2.45, 2.75) is 43.9 Å². The molecule has 1 unspecified atom stereocenters. The molecule has 1 atom stereocenters. The average molecular weight is 308 g/mol. The Balaban J connectivity index is 1.73. The molecule has 0 radical (unpaired) electrons. The van der Waals surface area contributed by atoms with Crippen LogP contribution in [0.4, 0.5) is 10.1 Å². The van der Waals surface area contributed by atoms with Crippen LogP contribution in [0.15, 0.2) is 18.2 Å². The van der Waals surface area contributed by atoms with E-state index in [1.54, 1.807) is 6.07 Å². The van der Waals surface area contributed by atoms with Crippen molar-refractivity contribution in [3.8, 4) is 0 Å². The molecule has 0 N–H and O–H groups in total. The Morgan fingerprint density at radius 3 is 2.52 bits per heavy atom. The van der Waals surface area contributed by atoms with Gasteiger partial charge < -0.3 is 4.90 Å². The second-order valence-electron chi connectivity index (χ2n) is 6.86. The molecule has 2 aliphatic rings. The predicted molar refractivity (Wildman–Crippen MR) is 89.8 cm³/mol. The van der Waals surface area contributed by atoms with Gasteiger partial charge in [0.05, 0.1) is 5.69 Å². The Bertz CT molecular complexity index is 506. The van der Waals surface area contributed by atoms with E-state index in [2.05, 4.69) is 22.4 Å². The van der Waals surface area contributed by atoms with E-state index in [9.17, 15) is 4.39 Å². The SMILES string of the molecule is CC(C)(S)c1ccc(N2CCC(N3CCCC3)C2)c(F)c1. The van der Waals surface area contributed by atoms with Gasteiger partial charge in [-0.25, -0.2) is 4.39 Å². The molecule has 0 bridgehead atoms. The van der Waals surface area contributed by atoms with Crippen molar-refractivity contribution in [1.82, 2.24) is 4.90 Å². The van der Waals surface area contributed by atoms with Gasteiger partial charge in [0.1, 0.15) is 5.82 Å². The average Bonchev–Trinajstić information content (AvgIpc) is 3.08. The number of halogens is 1. The highest BCUT2D eigenvalue weighted by Crippen LogP contribution is 2.32. The van der Waals surface area contributed by atoms with E-state index in [-0.39, 0.29) is 10.6 Å². The van der Waals surface area contributed by atoms with Gasteiger partial charge in [0.25, 0.3) is 0 Å². The summed E-state index contributed by atoms with van der Waals surface area (Å²) in [6, 6.07) is 6.18. The molecule has 0 spiro atoms. The Morgan fingerprint density at radius 2 is 1.90 bits per heavy atom. The Labute approximate surface area is 132 Å². The van der Waals surface area contributed by atoms with Crippen LogP contribution >= 0.6 is 12.6 Å². The van der Waals surface area contributed by atoms with Crippen molar-refractivity contribution in [1.29, 1.82) is 0 Å². The number of anilines is 1. The molecule has 1 aromatic carbocycles. The Kier molecular flexibility index (Phi) is 4.19. The lowest BCUT2D eigenvalue weighted by atomic mass is 10.0. The molecule has 1 aromatic rings. The van der Waals surface area contributed by atoms with E-state index in [1.807, 2.05) is 26.0 Å². The number of nitrogens with zero attached hydrogens (tertiary/aromatic N) is 2. The van der Waals surface area contributed by atoms with Crippen LogP contribution in [-0.4, -0.2) is 37.1 Å². The number of rotatable bonds is 3. The zero-order valence-electron chi connectivity index (χ0n) is 13.0. The molecule has 0 saturated carbocycles. The number of benzene rings is 1. The van der Waals surface area contributed by atoms with Gasteiger partial charge in [-0.05, 0) is 63.9 Å². The van der Waals surface area contributed by atoms with Gasteiger partial charge in [0.2, 0.25) is 0 Å². The maximum atomic E-state index is 14.4. The number of hydrogen-bond acceptors (Lipinski definition) is 3. The molecule has 0 amide bonds. The van der Waals surface area contributed by atoms with Crippen LogP contribution in [0, 0.1) is 5.82 Å². The first-order valence-corrected chi connectivity index (χ1v) is 8.41. The molecule has 2 fully saturated rings. The first-order valence-electron chi connectivity index (χ1n) is 7.96. The van der Waals surface area contributed by atoms with Crippen LogP contribution in [0.25, 0.3) is 0 Å². The minimum atomic E-state index is -0.303. The Hall–Kier alpha value is -0.740. The topological polar surface area (TPSA) is 6.48 Å². The van der Waals surface area contributed by atoms with E-state index in [4.69, 9.17) is 0 Å². The van der Waals surface area contributed by atoms with Gasteiger partial charge in [-0.3, -0.25) is 4.90 Å². The summed E-state index contributed by atoms with van der Waals surface area (Å²) in [6.07, 6.45) is 3.78. The van der Waals surface area contributed by atoms with E-state index in [0.717, 1.165) is 30.8 Å². The standard InChI is InChI=1S/C17H25FN2S/c1-17(2,21)13-5-6-16(15(18)11-13)20-10-7-14(12-20)19-8-3-4-9-19/h5-6,11,14,21H,3-4,7-10,12H2,1-2H3. The molecular formula is C17H25FN2S. The smallest absolute Gasteiger partial charge is 0.146 e. The van der Waals surface area contributed by atoms with Gasteiger partial charge >= 0.3 is 0 Å². The first kappa shape index (κ1) is 15.2. The third kappa shape index (κ3) is 3.21. The van der Waals surface area contributed by atoms with Crippen LogP contribution in [-0.2, 0) is 4.75 Å². The van der Waals surface area contributed by atoms with Gasteiger partial charge in [0, 0.05) is 23.9 Å². The van der Waals surface area contributed by atoms with Crippen molar-refractivity contribution in [3.05, 3.63) is 29.6 Å². The lowest BCUT2D eigenvalue weighted by Crippen LogP contribution is -2.35.